The van der Waals surface area contributed by atoms with Gasteiger partial charge in [-0.3, -0.25) is 4.90 Å². The fraction of sp³-hybridized carbons (Fsp3) is 0.400. The number of aromatic nitrogens is 1. The van der Waals surface area contributed by atoms with Gasteiger partial charge in [-0.25, -0.2) is 4.98 Å². The van der Waals surface area contributed by atoms with E-state index in [1.807, 2.05) is 5.51 Å². The Bertz CT molecular complexity index is 522. The van der Waals surface area contributed by atoms with Crippen molar-refractivity contribution in [1.29, 1.82) is 0 Å². The number of thiazole rings is 1. The van der Waals surface area contributed by atoms with Crippen LogP contribution >= 0.6 is 11.3 Å². The molecule has 0 fully saturated rings. The molecule has 1 N–H and O–H groups in total. The first-order valence-corrected chi connectivity index (χ1v) is 7.42. The van der Waals surface area contributed by atoms with Crippen molar-refractivity contribution in [3.05, 3.63) is 45.9 Å². The van der Waals surface area contributed by atoms with Gasteiger partial charge < -0.3 is 5.32 Å². The van der Waals surface area contributed by atoms with Crippen molar-refractivity contribution in [2.75, 3.05) is 25.5 Å². The number of nitrogens with one attached hydrogen (secondary N) is 1. The molecule has 0 aliphatic heterocycles. The molecule has 4 heteroatoms. The van der Waals surface area contributed by atoms with Gasteiger partial charge in [0.25, 0.3) is 0 Å². The number of likely N-dealkylation sites (N-methyl/N-ethyl adjacent to an activating group) is 1. The van der Waals surface area contributed by atoms with Crippen LogP contribution in [0.5, 0.6) is 0 Å². The zero-order chi connectivity index (χ0) is 13.7. The molecule has 0 atom stereocenters. The molecule has 2 aromatic rings. The number of aryl methyl sites for hydroxylation is 2. The van der Waals surface area contributed by atoms with Gasteiger partial charge >= 0.3 is 0 Å². The largest absolute Gasteiger partial charge is 0.384 e. The van der Waals surface area contributed by atoms with Crippen LogP contribution in [0.4, 0.5) is 5.69 Å². The quantitative estimate of drug-likeness (QED) is 0.876. The molecule has 0 bridgehead atoms. The van der Waals surface area contributed by atoms with Gasteiger partial charge in [0, 0.05) is 30.2 Å². The summed E-state index contributed by atoms with van der Waals surface area (Å²) < 4.78 is 0. The van der Waals surface area contributed by atoms with Crippen molar-refractivity contribution in [1.82, 2.24) is 9.88 Å². The van der Waals surface area contributed by atoms with Crippen LogP contribution in [-0.4, -0.2) is 30.0 Å². The van der Waals surface area contributed by atoms with Crippen molar-refractivity contribution in [3.8, 4) is 0 Å². The maximum atomic E-state index is 4.29. The zero-order valence-corrected chi connectivity index (χ0v) is 12.6. The van der Waals surface area contributed by atoms with E-state index < -0.39 is 0 Å². The summed E-state index contributed by atoms with van der Waals surface area (Å²) >= 11 is 1.74. The zero-order valence-electron chi connectivity index (χ0n) is 11.8. The summed E-state index contributed by atoms with van der Waals surface area (Å²) in [5, 5.41) is 3.48. The highest BCUT2D eigenvalue weighted by Crippen LogP contribution is 2.15. The van der Waals surface area contributed by atoms with Crippen LogP contribution in [0, 0.1) is 13.8 Å². The smallest absolute Gasteiger partial charge is 0.0798 e. The van der Waals surface area contributed by atoms with E-state index in [-0.39, 0.29) is 0 Å². The number of rotatable bonds is 6. The molecule has 0 unspecified atom stereocenters. The average molecular weight is 275 g/mol. The maximum Gasteiger partial charge on any atom is 0.0798 e. The normalized spacial score (nSPS) is 10.9. The molecular formula is C15H21N3S. The summed E-state index contributed by atoms with van der Waals surface area (Å²) in [5.41, 5.74) is 5.60. The van der Waals surface area contributed by atoms with Gasteiger partial charge in [0.15, 0.2) is 0 Å². The maximum absolute atomic E-state index is 4.29. The van der Waals surface area contributed by atoms with Crippen LogP contribution in [0.3, 0.4) is 0 Å². The van der Waals surface area contributed by atoms with E-state index in [4.69, 9.17) is 0 Å². The number of hydrogen-bond acceptors (Lipinski definition) is 4. The highest BCUT2D eigenvalue weighted by Gasteiger charge is 2.05. The molecule has 0 aliphatic carbocycles. The molecule has 19 heavy (non-hydrogen) atoms. The molecular weight excluding hydrogens is 254 g/mol. The lowest BCUT2D eigenvalue weighted by Gasteiger charge is -2.17. The second-order valence-electron chi connectivity index (χ2n) is 4.84. The van der Waals surface area contributed by atoms with Gasteiger partial charge in [-0.05, 0) is 32.5 Å². The highest BCUT2D eigenvalue weighted by atomic mass is 32.1. The lowest BCUT2D eigenvalue weighted by atomic mass is 10.2. The second-order valence-corrected chi connectivity index (χ2v) is 5.78. The van der Waals surface area contributed by atoms with Gasteiger partial charge in [-0.1, -0.05) is 18.2 Å². The lowest BCUT2D eigenvalue weighted by molar-refractivity contribution is 0.342. The lowest BCUT2D eigenvalue weighted by Crippen LogP contribution is -2.24. The summed E-state index contributed by atoms with van der Waals surface area (Å²) in [6.45, 7) is 7.16. The van der Waals surface area contributed by atoms with Gasteiger partial charge in [-0.15, -0.1) is 11.3 Å². The second kappa shape index (κ2) is 6.68. The van der Waals surface area contributed by atoms with Crippen LogP contribution in [-0.2, 0) is 6.54 Å². The Morgan fingerprint density at radius 2 is 2.05 bits per heavy atom. The number of benzene rings is 1. The number of nitrogens with zero attached hydrogens (tertiary/aromatic N) is 2. The first-order chi connectivity index (χ1) is 9.16. The molecule has 0 spiro atoms. The Morgan fingerprint density at radius 3 is 2.74 bits per heavy atom. The van der Waals surface area contributed by atoms with E-state index in [0.717, 1.165) is 25.3 Å². The monoisotopic (exact) mass is 275 g/mol. The van der Waals surface area contributed by atoms with Gasteiger partial charge in [-0.2, -0.15) is 0 Å². The van der Waals surface area contributed by atoms with Crippen LogP contribution in [0.2, 0.25) is 0 Å². The molecule has 1 aromatic heterocycles. The molecule has 3 nitrogen and oxygen atoms in total. The number of anilines is 1. The van der Waals surface area contributed by atoms with Crippen LogP contribution in [0.25, 0.3) is 0 Å². The summed E-state index contributed by atoms with van der Waals surface area (Å²) in [4.78, 5) is 7.97. The molecule has 0 radical (unpaired) electrons. The van der Waals surface area contributed by atoms with Crippen molar-refractivity contribution in [3.63, 3.8) is 0 Å². The van der Waals surface area contributed by atoms with Gasteiger partial charge in [0.05, 0.1) is 11.2 Å². The summed E-state index contributed by atoms with van der Waals surface area (Å²) in [5.74, 6) is 0. The third-order valence-corrected chi connectivity index (χ3v) is 4.13. The number of hydrogen-bond donors (Lipinski definition) is 1. The van der Waals surface area contributed by atoms with Gasteiger partial charge in [0.2, 0.25) is 0 Å². The van der Waals surface area contributed by atoms with Crippen molar-refractivity contribution >= 4 is 17.0 Å². The molecule has 0 saturated heterocycles. The Morgan fingerprint density at radius 1 is 1.26 bits per heavy atom. The molecule has 0 aliphatic rings. The van der Waals surface area contributed by atoms with E-state index in [1.54, 1.807) is 11.3 Å². The molecule has 102 valence electrons. The van der Waals surface area contributed by atoms with E-state index in [2.05, 4.69) is 60.4 Å². The summed E-state index contributed by atoms with van der Waals surface area (Å²) in [6, 6.07) is 8.40. The Labute approximate surface area is 119 Å². The van der Waals surface area contributed by atoms with E-state index in [1.165, 1.54) is 16.1 Å². The summed E-state index contributed by atoms with van der Waals surface area (Å²) in [6.07, 6.45) is 0. The van der Waals surface area contributed by atoms with Crippen LogP contribution in [0.1, 0.15) is 16.1 Å². The molecule has 2 rings (SSSR count). The predicted octanol–water partition coefficient (Wildman–Crippen LogP) is 3.30. The third kappa shape index (κ3) is 4.04. The average Bonchev–Trinajstić information content (AvgIpc) is 2.77. The number of para-hydroxylation sites is 1. The SMILES string of the molecule is Cc1ccccc1NCCN(C)Cc1scnc1C. The van der Waals surface area contributed by atoms with Crippen molar-refractivity contribution in [2.45, 2.75) is 20.4 Å². The fourth-order valence-electron chi connectivity index (χ4n) is 1.95. The first-order valence-electron chi connectivity index (χ1n) is 6.54. The Hall–Kier alpha value is -1.39. The van der Waals surface area contributed by atoms with Gasteiger partial charge in [0.1, 0.15) is 0 Å². The van der Waals surface area contributed by atoms with E-state index in [0.29, 0.717) is 0 Å². The van der Waals surface area contributed by atoms with Crippen LogP contribution < -0.4 is 5.32 Å². The highest BCUT2D eigenvalue weighted by molar-refractivity contribution is 7.09. The Kier molecular flexibility index (Phi) is 4.93. The van der Waals surface area contributed by atoms with E-state index in [9.17, 15) is 0 Å². The molecule has 1 heterocycles. The first kappa shape index (κ1) is 14.0. The third-order valence-electron chi connectivity index (χ3n) is 3.21. The minimum atomic E-state index is 0.958. The topological polar surface area (TPSA) is 28.2 Å². The van der Waals surface area contributed by atoms with Crippen LogP contribution in [0.15, 0.2) is 29.8 Å². The standard InChI is InChI=1S/C15H21N3S/c1-12-6-4-5-7-14(12)16-8-9-18(3)10-15-13(2)17-11-19-15/h4-7,11,16H,8-10H2,1-3H3. The molecule has 0 saturated carbocycles. The minimum Gasteiger partial charge on any atom is -0.384 e. The molecule has 0 amide bonds. The van der Waals surface area contributed by atoms with E-state index >= 15 is 0 Å². The predicted molar refractivity (Wildman–Crippen MR) is 82.9 cm³/mol. The summed E-state index contributed by atoms with van der Waals surface area (Å²) in [7, 11) is 2.15. The minimum absolute atomic E-state index is 0.958. The molecule has 1 aromatic carbocycles. The fourth-order valence-corrected chi connectivity index (χ4v) is 2.81. The van der Waals surface area contributed by atoms with Crippen molar-refractivity contribution in [2.24, 2.45) is 0 Å². The van der Waals surface area contributed by atoms with Crippen molar-refractivity contribution < 1.29 is 0 Å². The Balaban J connectivity index is 1.77.